The van der Waals surface area contributed by atoms with Gasteiger partial charge in [0.25, 0.3) is 11.6 Å². The standard InChI is InChI=1S/C22H18ClFN4O5/c1-13-17(21(23)27(26-13)16-9-7-15(24)8-10-16)11-12-20(29)33-14(2)22(30)25-18-5-3-4-6-19(18)28(31)32/h3-12,14H,1-2H3,(H,25,30)/b12-11+. The molecule has 33 heavy (non-hydrogen) atoms. The highest BCUT2D eigenvalue weighted by Gasteiger charge is 2.21. The van der Waals surface area contributed by atoms with E-state index in [4.69, 9.17) is 16.3 Å². The summed E-state index contributed by atoms with van der Waals surface area (Å²) in [7, 11) is 0. The highest BCUT2D eigenvalue weighted by molar-refractivity contribution is 6.31. The van der Waals surface area contributed by atoms with E-state index < -0.39 is 28.7 Å². The molecule has 0 aliphatic carbocycles. The molecule has 0 aliphatic rings. The van der Waals surface area contributed by atoms with Gasteiger partial charge in [-0.1, -0.05) is 23.7 Å². The van der Waals surface area contributed by atoms with Gasteiger partial charge in [0, 0.05) is 17.7 Å². The molecule has 11 heteroatoms. The third kappa shape index (κ3) is 5.60. The zero-order valence-corrected chi connectivity index (χ0v) is 18.2. The number of nitrogens with one attached hydrogen (secondary N) is 1. The Morgan fingerprint density at radius 2 is 1.91 bits per heavy atom. The van der Waals surface area contributed by atoms with Crippen LogP contribution in [0.5, 0.6) is 0 Å². The van der Waals surface area contributed by atoms with Gasteiger partial charge in [0.1, 0.15) is 16.7 Å². The topological polar surface area (TPSA) is 116 Å². The molecule has 0 spiro atoms. The van der Waals surface area contributed by atoms with Crippen molar-refractivity contribution in [2.45, 2.75) is 20.0 Å². The van der Waals surface area contributed by atoms with Gasteiger partial charge in [-0.2, -0.15) is 5.10 Å². The molecule has 0 fully saturated rings. The van der Waals surface area contributed by atoms with Crippen LogP contribution >= 0.6 is 11.6 Å². The lowest BCUT2D eigenvalue weighted by Gasteiger charge is -2.12. The maximum absolute atomic E-state index is 13.2. The van der Waals surface area contributed by atoms with Crippen LogP contribution in [0.4, 0.5) is 15.8 Å². The van der Waals surface area contributed by atoms with E-state index in [0.29, 0.717) is 16.9 Å². The van der Waals surface area contributed by atoms with Crippen molar-refractivity contribution in [2.24, 2.45) is 0 Å². The average molecular weight is 473 g/mol. The molecule has 1 amide bonds. The molecule has 0 aliphatic heterocycles. The van der Waals surface area contributed by atoms with Crippen LogP contribution < -0.4 is 5.32 Å². The van der Waals surface area contributed by atoms with Crippen LogP contribution in [-0.2, 0) is 14.3 Å². The maximum atomic E-state index is 13.2. The summed E-state index contributed by atoms with van der Waals surface area (Å²) in [5.41, 5.74) is 1.19. The van der Waals surface area contributed by atoms with Crippen LogP contribution in [-0.4, -0.2) is 32.7 Å². The van der Waals surface area contributed by atoms with E-state index >= 15 is 0 Å². The Morgan fingerprint density at radius 3 is 2.58 bits per heavy atom. The highest BCUT2D eigenvalue weighted by atomic mass is 35.5. The van der Waals surface area contributed by atoms with Crippen molar-refractivity contribution in [2.75, 3.05) is 5.32 Å². The number of carbonyl (C=O) groups is 2. The number of ether oxygens (including phenoxy) is 1. The average Bonchev–Trinajstić information content (AvgIpc) is 3.06. The number of anilines is 1. The summed E-state index contributed by atoms with van der Waals surface area (Å²) < 4.78 is 19.6. The molecule has 1 aromatic heterocycles. The molecule has 3 aromatic rings. The van der Waals surface area contributed by atoms with Crippen LogP contribution in [0.2, 0.25) is 5.15 Å². The summed E-state index contributed by atoms with van der Waals surface area (Å²) in [6, 6.07) is 11.2. The molecule has 1 N–H and O–H groups in total. The van der Waals surface area contributed by atoms with Crippen LogP contribution in [0.15, 0.2) is 54.6 Å². The first kappa shape index (κ1) is 23.6. The second-order valence-corrected chi connectivity index (χ2v) is 7.21. The second kappa shape index (κ2) is 10.0. The number of aromatic nitrogens is 2. The molecule has 2 aromatic carbocycles. The van der Waals surface area contributed by atoms with Gasteiger partial charge >= 0.3 is 5.97 Å². The third-order valence-electron chi connectivity index (χ3n) is 4.53. The lowest BCUT2D eigenvalue weighted by Crippen LogP contribution is -2.29. The lowest BCUT2D eigenvalue weighted by molar-refractivity contribution is -0.383. The summed E-state index contributed by atoms with van der Waals surface area (Å²) in [5.74, 6) is -1.96. The van der Waals surface area contributed by atoms with Crippen molar-refractivity contribution in [1.82, 2.24) is 9.78 Å². The molecule has 0 radical (unpaired) electrons. The number of hydrogen-bond acceptors (Lipinski definition) is 6. The highest BCUT2D eigenvalue weighted by Crippen LogP contribution is 2.25. The van der Waals surface area contributed by atoms with E-state index in [1.54, 1.807) is 6.92 Å². The number of halogens is 2. The van der Waals surface area contributed by atoms with E-state index in [9.17, 15) is 24.1 Å². The monoisotopic (exact) mass is 472 g/mol. The Kier molecular flexibility index (Phi) is 7.19. The van der Waals surface area contributed by atoms with Crippen LogP contribution in [0, 0.1) is 22.9 Å². The Bertz CT molecular complexity index is 1240. The first-order chi connectivity index (χ1) is 15.7. The number of para-hydroxylation sites is 2. The summed E-state index contributed by atoms with van der Waals surface area (Å²) in [6.07, 6.45) is 1.25. The number of benzene rings is 2. The number of carbonyl (C=O) groups excluding carboxylic acids is 2. The second-order valence-electron chi connectivity index (χ2n) is 6.85. The van der Waals surface area contributed by atoms with Crippen molar-refractivity contribution in [3.8, 4) is 5.69 Å². The normalized spacial score (nSPS) is 11.9. The van der Waals surface area contributed by atoms with Crippen molar-refractivity contribution in [3.63, 3.8) is 0 Å². The number of aryl methyl sites for hydroxylation is 1. The first-order valence-corrected chi connectivity index (χ1v) is 9.99. The van der Waals surface area contributed by atoms with Gasteiger partial charge < -0.3 is 10.1 Å². The Balaban J connectivity index is 1.67. The summed E-state index contributed by atoms with van der Waals surface area (Å²) in [5, 5.41) is 17.9. The SMILES string of the molecule is Cc1nn(-c2ccc(F)cc2)c(Cl)c1/C=C/C(=O)OC(C)C(=O)Nc1ccccc1[N+](=O)[O-]. The molecule has 170 valence electrons. The van der Waals surface area contributed by atoms with E-state index in [0.717, 1.165) is 6.08 Å². The minimum Gasteiger partial charge on any atom is -0.449 e. The predicted octanol–water partition coefficient (Wildman–Crippen LogP) is 4.47. The van der Waals surface area contributed by atoms with Gasteiger partial charge in [0.2, 0.25) is 0 Å². The molecule has 1 atom stereocenters. The Hall–Kier alpha value is -4.05. The van der Waals surface area contributed by atoms with Crippen molar-refractivity contribution >= 4 is 40.9 Å². The summed E-state index contributed by atoms with van der Waals surface area (Å²) >= 11 is 6.36. The van der Waals surface area contributed by atoms with E-state index in [1.165, 1.54) is 66.2 Å². The fraction of sp³-hybridized carbons (Fsp3) is 0.136. The van der Waals surface area contributed by atoms with Gasteiger partial charge in [-0.3, -0.25) is 14.9 Å². The number of rotatable bonds is 7. The van der Waals surface area contributed by atoms with Gasteiger partial charge in [-0.25, -0.2) is 13.9 Å². The fourth-order valence-corrected chi connectivity index (χ4v) is 3.18. The molecule has 9 nitrogen and oxygen atoms in total. The predicted molar refractivity (Wildman–Crippen MR) is 120 cm³/mol. The maximum Gasteiger partial charge on any atom is 0.331 e. The molecule has 3 rings (SSSR count). The van der Waals surface area contributed by atoms with Gasteiger partial charge in [-0.15, -0.1) is 0 Å². The molecule has 0 saturated carbocycles. The largest absolute Gasteiger partial charge is 0.449 e. The van der Waals surface area contributed by atoms with Crippen LogP contribution in [0.1, 0.15) is 18.2 Å². The molecule has 0 saturated heterocycles. The summed E-state index contributed by atoms with van der Waals surface area (Å²) in [4.78, 5) is 34.9. The number of esters is 1. The fourth-order valence-electron chi connectivity index (χ4n) is 2.85. The number of nitrogens with zero attached hydrogens (tertiary/aromatic N) is 3. The van der Waals surface area contributed by atoms with Crippen molar-refractivity contribution in [1.29, 1.82) is 0 Å². The smallest absolute Gasteiger partial charge is 0.331 e. The molecule has 1 unspecified atom stereocenters. The van der Waals surface area contributed by atoms with E-state index in [1.807, 2.05) is 0 Å². The van der Waals surface area contributed by atoms with Gasteiger partial charge in [0.15, 0.2) is 6.10 Å². The Morgan fingerprint density at radius 1 is 1.24 bits per heavy atom. The Labute approximate surface area is 192 Å². The van der Waals surface area contributed by atoms with Crippen molar-refractivity contribution < 1.29 is 23.6 Å². The van der Waals surface area contributed by atoms with Crippen molar-refractivity contribution in [3.05, 3.63) is 86.9 Å². The minimum atomic E-state index is -1.22. The molecular weight excluding hydrogens is 455 g/mol. The zero-order valence-electron chi connectivity index (χ0n) is 17.5. The molecule has 0 bridgehead atoms. The summed E-state index contributed by atoms with van der Waals surface area (Å²) in [6.45, 7) is 3.01. The van der Waals surface area contributed by atoms with Gasteiger partial charge in [-0.05, 0) is 50.3 Å². The number of amides is 1. The van der Waals surface area contributed by atoms with E-state index in [-0.39, 0.29) is 16.5 Å². The number of nitro groups is 1. The number of nitro benzene ring substituents is 1. The third-order valence-corrected chi connectivity index (χ3v) is 4.89. The molecular formula is C22H18ClFN4O5. The van der Waals surface area contributed by atoms with Gasteiger partial charge in [0.05, 0.1) is 16.3 Å². The lowest BCUT2D eigenvalue weighted by atomic mass is 10.2. The minimum absolute atomic E-state index is 0.0124. The molecule has 1 heterocycles. The van der Waals surface area contributed by atoms with E-state index in [2.05, 4.69) is 10.4 Å². The zero-order chi connectivity index (χ0) is 24.1. The van der Waals surface area contributed by atoms with Crippen LogP contribution in [0.3, 0.4) is 0 Å². The number of hydrogen-bond donors (Lipinski definition) is 1. The first-order valence-electron chi connectivity index (χ1n) is 9.61. The van der Waals surface area contributed by atoms with Crippen LogP contribution in [0.25, 0.3) is 11.8 Å². The quantitative estimate of drug-likeness (QED) is 0.235.